The Balaban J connectivity index is 2.80. The average molecular weight is 254 g/mol. The fourth-order valence-electron chi connectivity index (χ4n) is 2.04. The minimum atomic E-state index is 0.0794. The van der Waals surface area contributed by atoms with E-state index in [0.29, 0.717) is 13.2 Å². The molecule has 1 heterocycles. The van der Waals surface area contributed by atoms with E-state index in [1.807, 2.05) is 12.4 Å². The second-order valence-corrected chi connectivity index (χ2v) is 5.66. The third kappa shape index (κ3) is 3.71. The highest BCUT2D eigenvalue weighted by molar-refractivity contribution is 5.31. The molecule has 5 nitrogen and oxygen atoms in total. The highest BCUT2D eigenvalue weighted by Gasteiger charge is 2.21. The number of nitrogens with two attached hydrogens (primary N) is 1. The highest BCUT2D eigenvalue weighted by Crippen LogP contribution is 2.21. The second-order valence-electron chi connectivity index (χ2n) is 5.66. The van der Waals surface area contributed by atoms with Gasteiger partial charge in [0.2, 0.25) is 5.95 Å². The molecule has 0 aliphatic carbocycles. The standard InChI is InChI=1S/C13H26N4O/c1-11(8-18-5)17-7-6-15-12(17)16(4)10-13(2,3)9-14/h6-7,11H,8-10,14H2,1-5H3. The van der Waals surface area contributed by atoms with Crippen LogP contribution in [0.5, 0.6) is 0 Å². The van der Waals surface area contributed by atoms with Crippen LogP contribution in [0, 0.1) is 5.41 Å². The lowest BCUT2D eigenvalue weighted by Gasteiger charge is -2.30. The van der Waals surface area contributed by atoms with Crippen molar-refractivity contribution < 1.29 is 4.74 Å². The van der Waals surface area contributed by atoms with E-state index in [9.17, 15) is 0 Å². The molecule has 0 aromatic carbocycles. The van der Waals surface area contributed by atoms with Gasteiger partial charge in [-0.2, -0.15) is 0 Å². The molecular weight excluding hydrogens is 228 g/mol. The molecule has 5 heteroatoms. The molecular formula is C13H26N4O. The fraction of sp³-hybridized carbons (Fsp3) is 0.769. The number of rotatable bonds is 7. The number of nitrogens with zero attached hydrogens (tertiary/aromatic N) is 3. The normalized spacial score (nSPS) is 13.7. The van der Waals surface area contributed by atoms with Crippen molar-refractivity contribution in [3.8, 4) is 0 Å². The predicted molar refractivity (Wildman–Crippen MR) is 74.9 cm³/mol. The number of methoxy groups -OCH3 is 1. The zero-order valence-corrected chi connectivity index (χ0v) is 12.2. The van der Waals surface area contributed by atoms with Crippen LogP contribution < -0.4 is 10.6 Å². The molecule has 0 radical (unpaired) electrons. The molecule has 104 valence electrons. The van der Waals surface area contributed by atoms with Crippen LogP contribution in [-0.4, -0.2) is 43.4 Å². The summed E-state index contributed by atoms with van der Waals surface area (Å²) in [5.41, 5.74) is 5.86. The van der Waals surface area contributed by atoms with Gasteiger partial charge in [0.25, 0.3) is 0 Å². The molecule has 0 saturated heterocycles. The number of aromatic nitrogens is 2. The Morgan fingerprint density at radius 1 is 1.56 bits per heavy atom. The summed E-state index contributed by atoms with van der Waals surface area (Å²) >= 11 is 0. The first-order chi connectivity index (χ1) is 8.41. The first kappa shape index (κ1) is 15.0. The van der Waals surface area contributed by atoms with Gasteiger partial charge < -0.3 is 19.9 Å². The Kier molecular flexibility index (Phi) is 5.16. The van der Waals surface area contributed by atoms with Crippen molar-refractivity contribution in [3.05, 3.63) is 12.4 Å². The maximum Gasteiger partial charge on any atom is 0.205 e. The number of hydrogen-bond acceptors (Lipinski definition) is 4. The maximum atomic E-state index is 5.78. The van der Waals surface area contributed by atoms with Crippen LogP contribution in [0.25, 0.3) is 0 Å². The molecule has 1 aromatic rings. The SMILES string of the molecule is COCC(C)n1ccnc1N(C)CC(C)(C)CN. The van der Waals surface area contributed by atoms with Gasteiger partial charge >= 0.3 is 0 Å². The summed E-state index contributed by atoms with van der Waals surface area (Å²) in [5, 5.41) is 0. The molecule has 0 fully saturated rings. The maximum absolute atomic E-state index is 5.78. The minimum absolute atomic E-state index is 0.0794. The van der Waals surface area contributed by atoms with Gasteiger partial charge in [0.1, 0.15) is 0 Å². The van der Waals surface area contributed by atoms with E-state index in [4.69, 9.17) is 10.5 Å². The van der Waals surface area contributed by atoms with E-state index in [1.54, 1.807) is 7.11 Å². The van der Waals surface area contributed by atoms with Crippen molar-refractivity contribution in [2.75, 3.05) is 38.8 Å². The lowest BCUT2D eigenvalue weighted by atomic mass is 9.93. The summed E-state index contributed by atoms with van der Waals surface area (Å²) in [6, 6.07) is 0.274. The molecule has 0 bridgehead atoms. The highest BCUT2D eigenvalue weighted by atomic mass is 16.5. The Bertz CT molecular complexity index is 362. The van der Waals surface area contributed by atoms with Gasteiger partial charge in [0.05, 0.1) is 12.6 Å². The van der Waals surface area contributed by atoms with Crippen LogP contribution in [0.3, 0.4) is 0 Å². The zero-order valence-electron chi connectivity index (χ0n) is 12.2. The summed E-state index contributed by atoms with van der Waals surface area (Å²) in [4.78, 5) is 6.58. The van der Waals surface area contributed by atoms with Gasteiger partial charge in [-0.15, -0.1) is 0 Å². The number of imidazole rings is 1. The van der Waals surface area contributed by atoms with Crippen LogP contribution in [-0.2, 0) is 4.74 Å². The molecule has 0 spiro atoms. The van der Waals surface area contributed by atoms with Crippen LogP contribution in [0.1, 0.15) is 26.8 Å². The van der Waals surface area contributed by atoms with Crippen LogP contribution in [0.2, 0.25) is 0 Å². The molecule has 1 unspecified atom stereocenters. The molecule has 1 atom stereocenters. The van der Waals surface area contributed by atoms with Crippen molar-refractivity contribution >= 4 is 5.95 Å². The number of hydrogen-bond donors (Lipinski definition) is 1. The van der Waals surface area contributed by atoms with Crippen molar-refractivity contribution in [1.82, 2.24) is 9.55 Å². The van der Waals surface area contributed by atoms with Crippen LogP contribution in [0.4, 0.5) is 5.95 Å². The summed E-state index contributed by atoms with van der Waals surface area (Å²) < 4.78 is 7.33. The molecule has 0 aliphatic rings. The van der Waals surface area contributed by atoms with Crippen LogP contribution in [0.15, 0.2) is 12.4 Å². The summed E-state index contributed by atoms with van der Waals surface area (Å²) in [6.45, 7) is 8.66. The van der Waals surface area contributed by atoms with E-state index >= 15 is 0 Å². The van der Waals surface area contributed by atoms with E-state index in [-0.39, 0.29) is 11.5 Å². The molecule has 0 aliphatic heterocycles. The first-order valence-corrected chi connectivity index (χ1v) is 6.34. The van der Waals surface area contributed by atoms with E-state index in [1.165, 1.54) is 0 Å². The van der Waals surface area contributed by atoms with Crippen molar-refractivity contribution in [1.29, 1.82) is 0 Å². The van der Waals surface area contributed by atoms with Gasteiger partial charge in [-0.25, -0.2) is 4.98 Å². The van der Waals surface area contributed by atoms with E-state index in [2.05, 4.69) is 42.3 Å². The third-order valence-corrected chi connectivity index (χ3v) is 3.09. The quantitative estimate of drug-likeness (QED) is 0.801. The fourth-order valence-corrected chi connectivity index (χ4v) is 2.04. The van der Waals surface area contributed by atoms with Crippen molar-refractivity contribution in [2.45, 2.75) is 26.8 Å². The van der Waals surface area contributed by atoms with Gasteiger partial charge in [-0.1, -0.05) is 13.8 Å². The third-order valence-electron chi connectivity index (χ3n) is 3.09. The summed E-state index contributed by atoms with van der Waals surface area (Å²) in [6.07, 6.45) is 3.82. The van der Waals surface area contributed by atoms with Gasteiger partial charge in [0, 0.05) is 33.1 Å². The molecule has 1 aromatic heterocycles. The second kappa shape index (κ2) is 6.20. The summed E-state index contributed by atoms with van der Waals surface area (Å²) in [7, 11) is 3.77. The Hall–Kier alpha value is -1.07. The van der Waals surface area contributed by atoms with Gasteiger partial charge in [-0.3, -0.25) is 0 Å². The molecule has 2 N–H and O–H groups in total. The first-order valence-electron chi connectivity index (χ1n) is 6.34. The van der Waals surface area contributed by atoms with Gasteiger partial charge in [-0.05, 0) is 18.9 Å². The lowest BCUT2D eigenvalue weighted by molar-refractivity contribution is 0.162. The monoisotopic (exact) mass is 254 g/mol. The largest absolute Gasteiger partial charge is 0.383 e. The Morgan fingerprint density at radius 2 is 2.22 bits per heavy atom. The molecule has 0 saturated carbocycles. The smallest absolute Gasteiger partial charge is 0.205 e. The lowest BCUT2D eigenvalue weighted by Crippen LogP contribution is -2.38. The average Bonchev–Trinajstić information content (AvgIpc) is 2.77. The Morgan fingerprint density at radius 3 is 2.78 bits per heavy atom. The van der Waals surface area contributed by atoms with Crippen LogP contribution >= 0.6 is 0 Å². The number of anilines is 1. The van der Waals surface area contributed by atoms with E-state index < -0.39 is 0 Å². The minimum Gasteiger partial charge on any atom is -0.383 e. The van der Waals surface area contributed by atoms with Gasteiger partial charge in [0.15, 0.2) is 0 Å². The topological polar surface area (TPSA) is 56.3 Å². The van der Waals surface area contributed by atoms with Crippen molar-refractivity contribution in [3.63, 3.8) is 0 Å². The summed E-state index contributed by atoms with van der Waals surface area (Å²) in [5.74, 6) is 0.959. The van der Waals surface area contributed by atoms with Crippen molar-refractivity contribution in [2.24, 2.45) is 11.1 Å². The Labute approximate surface area is 110 Å². The molecule has 1 rings (SSSR count). The zero-order chi connectivity index (χ0) is 13.8. The van der Waals surface area contributed by atoms with E-state index in [0.717, 1.165) is 12.5 Å². The predicted octanol–water partition coefficient (Wildman–Crippen LogP) is 1.51. The number of ether oxygens (including phenoxy) is 1. The molecule has 0 amide bonds. The molecule has 18 heavy (non-hydrogen) atoms.